The summed E-state index contributed by atoms with van der Waals surface area (Å²) >= 11 is 5.81. The number of ether oxygens (including phenoxy) is 1. The summed E-state index contributed by atoms with van der Waals surface area (Å²) in [5.41, 5.74) is 0.0311. The second-order valence-corrected chi connectivity index (χ2v) is 4.13. The first-order valence-electron chi connectivity index (χ1n) is 5.57. The fourth-order valence-corrected chi connectivity index (χ4v) is 1.59. The third kappa shape index (κ3) is 3.23. The van der Waals surface area contributed by atoms with Gasteiger partial charge in [0, 0.05) is 11.4 Å². The molecule has 7 heteroatoms. The molecule has 0 saturated carbocycles. The Morgan fingerprint density at radius 3 is 2.95 bits per heavy atom. The van der Waals surface area contributed by atoms with Gasteiger partial charge < -0.3 is 14.4 Å². The number of rotatable bonds is 5. The minimum atomic E-state index is -1.09. The van der Waals surface area contributed by atoms with Crippen molar-refractivity contribution in [1.82, 2.24) is 10.1 Å². The second kappa shape index (κ2) is 5.71. The Morgan fingerprint density at radius 1 is 1.53 bits per heavy atom. The van der Waals surface area contributed by atoms with E-state index in [0.29, 0.717) is 23.2 Å². The number of benzene rings is 1. The molecule has 2 aromatic rings. The molecule has 0 bridgehead atoms. The van der Waals surface area contributed by atoms with Gasteiger partial charge in [0.25, 0.3) is 0 Å². The first-order chi connectivity index (χ1) is 9.10. The summed E-state index contributed by atoms with van der Waals surface area (Å²) in [5, 5.41) is 13.1. The van der Waals surface area contributed by atoms with E-state index in [4.69, 9.17) is 26.0 Å². The van der Waals surface area contributed by atoms with Gasteiger partial charge in [0.1, 0.15) is 11.3 Å². The highest BCUT2D eigenvalue weighted by Gasteiger charge is 2.13. The minimum Gasteiger partial charge on any atom is -0.485 e. The molecule has 0 spiro atoms. The van der Waals surface area contributed by atoms with Crippen molar-refractivity contribution in [3.63, 3.8) is 0 Å². The van der Waals surface area contributed by atoms with E-state index in [0.717, 1.165) is 0 Å². The molecule has 0 aliphatic heterocycles. The van der Waals surface area contributed by atoms with Gasteiger partial charge in [0.05, 0.1) is 0 Å². The van der Waals surface area contributed by atoms with Crippen molar-refractivity contribution in [2.75, 3.05) is 0 Å². The molecule has 19 heavy (non-hydrogen) atoms. The Balaban J connectivity index is 2.14. The van der Waals surface area contributed by atoms with Crippen LogP contribution in [0.1, 0.15) is 29.0 Å². The standard InChI is InChI=1S/C12H11ClN2O4/c1-2-11-14-10(15-19-11)6-18-9-5-7(13)3-4-8(9)12(16)17/h3-5H,2,6H2,1H3,(H,16,17). The van der Waals surface area contributed by atoms with Crippen LogP contribution in [0.3, 0.4) is 0 Å². The number of carboxylic acid groups (broad SMARTS) is 1. The summed E-state index contributed by atoms with van der Waals surface area (Å²) in [4.78, 5) is 15.1. The Bertz CT molecular complexity index is 597. The predicted octanol–water partition coefficient (Wildman–Crippen LogP) is 2.56. The van der Waals surface area contributed by atoms with Crippen LogP contribution in [0.2, 0.25) is 5.02 Å². The minimum absolute atomic E-state index is 0.0180. The summed E-state index contributed by atoms with van der Waals surface area (Å²) < 4.78 is 10.3. The van der Waals surface area contributed by atoms with Crippen molar-refractivity contribution < 1.29 is 19.2 Å². The zero-order valence-corrected chi connectivity index (χ0v) is 10.8. The molecular formula is C12H11ClN2O4. The highest BCUT2D eigenvalue weighted by Crippen LogP contribution is 2.24. The van der Waals surface area contributed by atoms with E-state index in [2.05, 4.69) is 10.1 Å². The second-order valence-electron chi connectivity index (χ2n) is 3.69. The highest BCUT2D eigenvalue weighted by molar-refractivity contribution is 6.30. The smallest absolute Gasteiger partial charge is 0.339 e. The monoisotopic (exact) mass is 282 g/mol. The van der Waals surface area contributed by atoms with E-state index in [-0.39, 0.29) is 17.9 Å². The lowest BCUT2D eigenvalue weighted by Crippen LogP contribution is -2.04. The maximum absolute atomic E-state index is 11.0. The third-order valence-corrected chi connectivity index (χ3v) is 2.58. The van der Waals surface area contributed by atoms with Crippen molar-refractivity contribution in [3.05, 3.63) is 40.5 Å². The Morgan fingerprint density at radius 2 is 2.32 bits per heavy atom. The Hall–Kier alpha value is -2.08. The highest BCUT2D eigenvalue weighted by atomic mass is 35.5. The molecule has 100 valence electrons. The van der Waals surface area contributed by atoms with Gasteiger partial charge in [0.2, 0.25) is 11.7 Å². The SMILES string of the molecule is CCc1nc(COc2cc(Cl)ccc2C(=O)O)no1. The predicted molar refractivity (Wildman–Crippen MR) is 66.4 cm³/mol. The number of aryl methyl sites for hydroxylation is 1. The van der Waals surface area contributed by atoms with Crippen LogP contribution >= 0.6 is 11.6 Å². The Labute approximate surface area is 114 Å². The Kier molecular flexibility index (Phi) is 4.01. The molecule has 1 aromatic carbocycles. The normalized spacial score (nSPS) is 10.4. The molecule has 1 aromatic heterocycles. The summed E-state index contributed by atoms with van der Waals surface area (Å²) in [6, 6.07) is 4.31. The van der Waals surface area contributed by atoms with Crippen molar-refractivity contribution in [2.24, 2.45) is 0 Å². The number of carboxylic acids is 1. The maximum Gasteiger partial charge on any atom is 0.339 e. The van der Waals surface area contributed by atoms with Gasteiger partial charge in [-0.05, 0) is 18.2 Å². The number of nitrogens with zero attached hydrogens (tertiary/aromatic N) is 2. The number of aromatic nitrogens is 2. The lowest BCUT2D eigenvalue weighted by atomic mass is 10.2. The van der Waals surface area contributed by atoms with Crippen molar-refractivity contribution >= 4 is 17.6 Å². The van der Waals surface area contributed by atoms with E-state index < -0.39 is 5.97 Å². The van der Waals surface area contributed by atoms with Crippen LogP contribution in [0.5, 0.6) is 5.75 Å². The van der Waals surface area contributed by atoms with Crippen LogP contribution in [0, 0.1) is 0 Å². The molecule has 0 radical (unpaired) electrons. The summed E-state index contributed by atoms with van der Waals surface area (Å²) in [7, 11) is 0. The van der Waals surface area contributed by atoms with E-state index in [9.17, 15) is 4.79 Å². The van der Waals surface area contributed by atoms with Gasteiger partial charge in [-0.3, -0.25) is 0 Å². The van der Waals surface area contributed by atoms with Crippen LogP contribution in [0.25, 0.3) is 0 Å². The molecule has 1 N–H and O–H groups in total. The largest absolute Gasteiger partial charge is 0.485 e. The van der Waals surface area contributed by atoms with Crippen LogP contribution in [0.4, 0.5) is 0 Å². The van der Waals surface area contributed by atoms with Crippen molar-refractivity contribution in [3.8, 4) is 5.75 Å². The van der Waals surface area contributed by atoms with Gasteiger partial charge in [-0.15, -0.1) is 0 Å². The van der Waals surface area contributed by atoms with Gasteiger partial charge in [-0.1, -0.05) is 23.7 Å². The fourth-order valence-electron chi connectivity index (χ4n) is 1.43. The van der Waals surface area contributed by atoms with E-state index in [1.807, 2.05) is 6.92 Å². The maximum atomic E-state index is 11.0. The molecule has 2 rings (SSSR count). The van der Waals surface area contributed by atoms with E-state index >= 15 is 0 Å². The van der Waals surface area contributed by atoms with Gasteiger partial charge in [-0.25, -0.2) is 4.79 Å². The number of halogens is 1. The molecule has 0 aliphatic rings. The van der Waals surface area contributed by atoms with Crippen molar-refractivity contribution in [1.29, 1.82) is 0 Å². The molecule has 1 heterocycles. The molecule has 6 nitrogen and oxygen atoms in total. The molecule has 0 saturated heterocycles. The number of hydrogen-bond donors (Lipinski definition) is 1. The first-order valence-corrected chi connectivity index (χ1v) is 5.95. The molecular weight excluding hydrogens is 272 g/mol. The van der Waals surface area contributed by atoms with Crippen molar-refractivity contribution in [2.45, 2.75) is 20.0 Å². The number of aromatic carboxylic acids is 1. The molecule has 0 unspecified atom stereocenters. The first kappa shape index (κ1) is 13.4. The summed E-state index contributed by atoms with van der Waals surface area (Å²) in [6.07, 6.45) is 0.630. The molecule has 0 fully saturated rings. The summed E-state index contributed by atoms with van der Waals surface area (Å²) in [5.74, 6) is -0.0619. The van der Waals surface area contributed by atoms with Crippen LogP contribution in [-0.4, -0.2) is 21.2 Å². The average molecular weight is 283 g/mol. The molecule has 0 aliphatic carbocycles. The van der Waals surface area contributed by atoms with E-state index in [1.165, 1.54) is 18.2 Å². The number of carbonyl (C=O) groups is 1. The number of hydrogen-bond acceptors (Lipinski definition) is 5. The van der Waals surface area contributed by atoms with Gasteiger partial charge >= 0.3 is 5.97 Å². The van der Waals surface area contributed by atoms with Gasteiger partial charge in [0.15, 0.2) is 6.61 Å². The fraction of sp³-hybridized carbons (Fsp3) is 0.250. The third-order valence-electron chi connectivity index (χ3n) is 2.34. The molecule has 0 atom stereocenters. The average Bonchev–Trinajstić information content (AvgIpc) is 2.84. The lowest BCUT2D eigenvalue weighted by Gasteiger charge is -2.07. The quantitative estimate of drug-likeness (QED) is 0.907. The molecule has 0 amide bonds. The zero-order valence-electron chi connectivity index (χ0n) is 10.1. The zero-order chi connectivity index (χ0) is 13.8. The van der Waals surface area contributed by atoms with Crippen LogP contribution < -0.4 is 4.74 Å². The summed E-state index contributed by atoms with van der Waals surface area (Å²) in [6.45, 7) is 1.90. The van der Waals surface area contributed by atoms with Gasteiger partial charge in [-0.2, -0.15) is 4.98 Å². The lowest BCUT2D eigenvalue weighted by molar-refractivity contribution is 0.0691. The van der Waals surface area contributed by atoms with Crippen LogP contribution in [0.15, 0.2) is 22.7 Å². The van der Waals surface area contributed by atoms with Crippen LogP contribution in [-0.2, 0) is 13.0 Å². The topological polar surface area (TPSA) is 85.5 Å². The van der Waals surface area contributed by atoms with E-state index in [1.54, 1.807) is 0 Å².